The number of carbonyl (C=O) groups excluding carboxylic acids is 1. The summed E-state index contributed by atoms with van der Waals surface area (Å²) in [7, 11) is 0. The molecule has 0 fully saturated rings. The van der Waals surface area contributed by atoms with Crippen molar-refractivity contribution < 1.29 is 4.79 Å². The second-order valence-electron chi connectivity index (χ2n) is 4.04. The van der Waals surface area contributed by atoms with Crippen LogP contribution in [0.15, 0.2) is 34.7 Å². The molecule has 2 aromatic rings. The summed E-state index contributed by atoms with van der Waals surface area (Å²) in [6, 6.07) is 7.97. The third kappa shape index (κ3) is 4.47. The van der Waals surface area contributed by atoms with Crippen LogP contribution in [0.25, 0.3) is 6.08 Å². The molecule has 0 radical (unpaired) electrons. The molecule has 0 aliphatic heterocycles. The first-order valence-corrected chi connectivity index (χ1v) is 7.99. The molecule has 0 aliphatic rings. The van der Waals surface area contributed by atoms with Gasteiger partial charge in [0.2, 0.25) is 11.0 Å². The lowest BCUT2D eigenvalue weighted by Crippen LogP contribution is -2.07. The number of aryl methyl sites for hydroxylation is 1. The average Bonchev–Trinajstić information content (AvgIpc) is 2.86. The van der Waals surface area contributed by atoms with Gasteiger partial charge in [-0.3, -0.25) is 10.1 Å². The van der Waals surface area contributed by atoms with Crippen LogP contribution >= 0.6 is 23.1 Å². The second kappa shape index (κ2) is 7.21. The van der Waals surface area contributed by atoms with Crippen LogP contribution in [-0.2, 0) is 4.79 Å². The van der Waals surface area contributed by atoms with Crippen molar-refractivity contribution in [3.8, 4) is 0 Å². The van der Waals surface area contributed by atoms with Crippen LogP contribution in [0, 0.1) is 6.92 Å². The van der Waals surface area contributed by atoms with Gasteiger partial charge in [0.05, 0.1) is 0 Å². The smallest absolute Gasteiger partial charge is 0.250 e. The number of hydrogen-bond acceptors (Lipinski definition) is 5. The fraction of sp³-hybridized carbons (Fsp3) is 0.214. The molecule has 0 bridgehead atoms. The van der Waals surface area contributed by atoms with Crippen molar-refractivity contribution in [1.82, 2.24) is 10.2 Å². The van der Waals surface area contributed by atoms with Crippen LogP contribution in [0.1, 0.15) is 18.1 Å². The summed E-state index contributed by atoms with van der Waals surface area (Å²) in [5.41, 5.74) is 2.19. The molecule has 1 aromatic heterocycles. The van der Waals surface area contributed by atoms with E-state index < -0.39 is 0 Å². The Hall–Kier alpha value is -1.66. The van der Waals surface area contributed by atoms with Gasteiger partial charge in [0.25, 0.3) is 0 Å². The number of anilines is 1. The summed E-state index contributed by atoms with van der Waals surface area (Å²) < 4.78 is 0.866. The van der Waals surface area contributed by atoms with Gasteiger partial charge in [0.15, 0.2) is 4.34 Å². The van der Waals surface area contributed by atoms with Gasteiger partial charge in [-0.1, -0.05) is 59.9 Å². The topological polar surface area (TPSA) is 54.9 Å². The van der Waals surface area contributed by atoms with Crippen LogP contribution in [0.2, 0.25) is 0 Å². The highest BCUT2D eigenvalue weighted by Crippen LogP contribution is 2.24. The number of benzene rings is 1. The molecule has 2 rings (SSSR count). The zero-order chi connectivity index (χ0) is 14.4. The van der Waals surface area contributed by atoms with Gasteiger partial charge in [0, 0.05) is 6.08 Å². The Labute approximate surface area is 126 Å². The number of carbonyl (C=O) groups is 1. The van der Waals surface area contributed by atoms with E-state index in [9.17, 15) is 4.79 Å². The molecule has 0 unspecified atom stereocenters. The van der Waals surface area contributed by atoms with Crippen LogP contribution < -0.4 is 5.32 Å². The molecule has 0 spiro atoms. The normalized spacial score (nSPS) is 10.9. The number of amides is 1. The largest absolute Gasteiger partial charge is 0.297 e. The Balaban J connectivity index is 1.92. The summed E-state index contributed by atoms with van der Waals surface area (Å²) in [4.78, 5) is 11.8. The Morgan fingerprint density at radius 3 is 2.80 bits per heavy atom. The van der Waals surface area contributed by atoms with E-state index in [0.717, 1.165) is 15.7 Å². The molecule has 4 nitrogen and oxygen atoms in total. The fourth-order valence-corrected chi connectivity index (χ4v) is 3.09. The maximum Gasteiger partial charge on any atom is 0.250 e. The van der Waals surface area contributed by atoms with Crippen molar-refractivity contribution in [2.75, 3.05) is 11.1 Å². The molecule has 0 aliphatic carbocycles. The number of aromatic nitrogens is 2. The second-order valence-corrected chi connectivity index (χ2v) is 6.53. The number of thioether (sulfide) groups is 1. The van der Waals surface area contributed by atoms with Crippen molar-refractivity contribution in [2.45, 2.75) is 18.2 Å². The molecule has 6 heteroatoms. The first kappa shape index (κ1) is 14.7. The van der Waals surface area contributed by atoms with Crippen molar-refractivity contribution in [1.29, 1.82) is 0 Å². The lowest BCUT2D eigenvalue weighted by molar-refractivity contribution is -0.111. The average molecular weight is 305 g/mol. The van der Waals surface area contributed by atoms with Crippen LogP contribution in [0.3, 0.4) is 0 Å². The molecule has 1 aromatic carbocycles. The third-order valence-electron chi connectivity index (χ3n) is 2.41. The zero-order valence-corrected chi connectivity index (χ0v) is 12.9. The molecule has 1 N–H and O–H groups in total. The molecule has 104 valence electrons. The molecular formula is C14H15N3OS2. The van der Waals surface area contributed by atoms with Crippen LogP contribution in [0.4, 0.5) is 5.13 Å². The van der Waals surface area contributed by atoms with E-state index in [1.165, 1.54) is 23.0 Å². The minimum Gasteiger partial charge on any atom is -0.297 e. The van der Waals surface area contributed by atoms with Crippen LogP contribution in [0.5, 0.6) is 0 Å². The first-order valence-electron chi connectivity index (χ1n) is 6.19. The first-order chi connectivity index (χ1) is 9.67. The van der Waals surface area contributed by atoms with E-state index in [-0.39, 0.29) is 5.91 Å². The van der Waals surface area contributed by atoms with Crippen molar-refractivity contribution in [3.05, 3.63) is 41.5 Å². The minimum atomic E-state index is -0.199. The van der Waals surface area contributed by atoms with E-state index in [2.05, 4.69) is 22.4 Å². The highest BCUT2D eigenvalue weighted by atomic mass is 32.2. The standard InChI is InChI=1S/C14H15N3OS2/c1-3-19-14-17-16-13(20-14)15-12(18)9-8-11-6-4-10(2)5-7-11/h4-9H,3H2,1-2H3,(H,15,16,18)/b9-8+. The summed E-state index contributed by atoms with van der Waals surface area (Å²) in [5.74, 6) is 0.741. The Morgan fingerprint density at radius 1 is 1.35 bits per heavy atom. The predicted octanol–water partition coefficient (Wildman–Crippen LogP) is 3.61. The van der Waals surface area contributed by atoms with Crippen molar-refractivity contribution >= 4 is 40.2 Å². The van der Waals surface area contributed by atoms with E-state index in [1.54, 1.807) is 17.8 Å². The maximum absolute atomic E-state index is 11.8. The molecule has 0 atom stereocenters. The third-order valence-corrected chi connectivity index (χ3v) is 4.26. The van der Waals surface area contributed by atoms with Gasteiger partial charge >= 0.3 is 0 Å². The van der Waals surface area contributed by atoms with Gasteiger partial charge in [-0.2, -0.15) is 0 Å². The predicted molar refractivity (Wildman–Crippen MR) is 85.1 cm³/mol. The maximum atomic E-state index is 11.8. The van der Waals surface area contributed by atoms with Crippen LogP contribution in [-0.4, -0.2) is 21.9 Å². The van der Waals surface area contributed by atoms with Crippen molar-refractivity contribution in [2.24, 2.45) is 0 Å². The molecule has 0 saturated carbocycles. The summed E-state index contributed by atoms with van der Waals surface area (Å²) in [6.07, 6.45) is 3.27. The molecule has 20 heavy (non-hydrogen) atoms. The lowest BCUT2D eigenvalue weighted by Gasteiger charge is -1.96. The minimum absolute atomic E-state index is 0.199. The Morgan fingerprint density at radius 2 is 2.10 bits per heavy atom. The highest BCUT2D eigenvalue weighted by Gasteiger charge is 2.05. The van der Waals surface area contributed by atoms with E-state index in [4.69, 9.17) is 0 Å². The molecule has 1 heterocycles. The van der Waals surface area contributed by atoms with Gasteiger partial charge in [-0.15, -0.1) is 10.2 Å². The SMILES string of the molecule is CCSc1nnc(NC(=O)/C=C/c2ccc(C)cc2)s1. The number of nitrogens with zero attached hydrogens (tertiary/aromatic N) is 2. The Bertz CT molecular complexity index is 605. The lowest BCUT2D eigenvalue weighted by atomic mass is 10.1. The zero-order valence-electron chi connectivity index (χ0n) is 11.3. The Kier molecular flexibility index (Phi) is 5.31. The van der Waals surface area contributed by atoms with Gasteiger partial charge in [-0.25, -0.2) is 0 Å². The highest BCUT2D eigenvalue weighted by molar-refractivity contribution is 8.01. The summed E-state index contributed by atoms with van der Waals surface area (Å²) in [5, 5.41) is 11.1. The molecule has 0 saturated heterocycles. The molecule has 1 amide bonds. The number of nitrogens with one attached hydrogen (secondary N) is 1. The fourth-order valence-electron chi connectivity index (χ4n) is 1.44. The number of rotatable bonds is 5. The van der Waals surface area contributed by atoms with Crippen molar-refractivity contribution in [3.63, 3.8) is 0 Å². The van der Waals surface area contributed by atoms with E-state index >= 15 is 0 Å². The van der Waals surface area contributed by atoms with Gasteiger partial charge in [0.1, 0.15) is 0 Å². The summed E-state index contributed by atoms with van der Waals surface area (Å²) >= 11 is 2.99. The van der Waals surface area contributed by atoms with E-state index in [0.29, 0.717) is 5.13 Å². The molecular weight excluding hydrogens is 290 g/mol. The summed E-state index contributed by atoms with van der Waals surface area (Å²) in [6.45, 7) is 4.08. The van der Waals surface area contributed by atoms with Gasteiger partial charge in [-0.05, 0) is 24.3 Å². The number of hydrogen-bond donors (Lipinski definition) is 1. The van der Waals surface area contributed by atoms with E-state index in [1.807, 2.05) is 31.2 Å². The quantitative estimate of drug-likeness (QED) is 0.521. The monoisotopic (exact) mass is 305 g/mol. The van der Waals surface area contributed by atoms with Gasteiger partial charge < -0.3 is 0 Å².